The van der Waals surface area contributed by atoms with Crippen molar-refractivity contribution in [2.24, 2.45) is 0 Å². The molecule has 0 atom stereocenters. The van der Waals surface area contributed by atoms with Gasteiger partial charge < -0.3 is 0 Å². The van der Waals surface area contributed by atoms with Crippen LogP contribution in [0.4, 0.5) is 0 Å². The zero-order chi connectivity index (χ0) is 18.4. The number of hydrogen-bond acceptors (Lipinski definition) is 1. The van der Waals surface area contributed by atoms with Crippen molar-refractivity contribution in [2.75, 3.05) is 0 Å². The van der Waals surface area contributed by atoms with Gasteiger partial charge in [-0.1, -0.05) is 72.3 Å². The van der Waals surface area contributed by atoms with Crippen LogP contribution in [0.15, 0.2) is 85.1 Å². The Balaban J connectivity index is 0.000000206. The maximum absolute atomic E-state index is 6.01. The van der Waals surface area contributed by atoms with E-state index in [1.807, 2.05) is 44.3 Å². The summed E-state index contributed by atoms with van der Waals surface area (Å²) in [6.07, 6.45) is 2.79. The van der Waals surface area contributed by atoms with E-state index in [1.165, 1.54) is 27.5 Å². The molecule has 0 spiro atoms. The van der Waals surface area contributed by atoms with Crippen LogP contribution in [-0.2, 0) is 6.42 Å². The fourth-order valence-corrected chi connectivity index (χ4v) is 2.99. The molecule has 1 nitrogen and oxygen atoms in total. The van der Waals surface area contributed by atoms with E-state index < -0.39 is 0 Å². The lowest BCUT2D eigenvalue weighted by Gasteiger charge is -2.04. The Kier molecular flexibility index (Phi) is 6.04. The van der Waals surface area contributed by atoms with Gasteiger partial charge >= 0.3 is 0 Å². The highest BCUT2D eigenvalue weighted by Gasteiger charge is 1.99. The van der Waals surface area contributed by atoms with Gasteiger partial charge in [-0.15, -0.1) is 0 Å². The first kappa shape index (κ1) is 18.2. The maximum Gasteiger partial charge on any atom is 0.0408 e. The molecular formula is C24H22ClN. The van der Waals surface area contributed by atoms with Gasteiger partial charge in [-0.05, 0) is 65.9 Å². The first-order valence-electron chi connectivity index (χ1n) is 8.71. The van der Waals surface area contributed by atoms with Crippen molar-refractivity contribution in [1.82, 2.24) is 4.98 Å². The molecule has 0 aliphatic heterocycles. The fourth-order valence-electron chi connectivity index (χ4n) is 2.77. The summed E-state index contributed by atoms with van der Waals surface area (Å²) in [6, 6.07) is 27.1. The van der Waals surface area contributed by atoms with E-state index in [1.54, 1.807) is 0 Å². The molecule has 0 fully saturated rings. The molecule has 0 bridgehead atoms. The van der Waals surface area contributed by atoms with E-state index in [0.717, 1.165) is 17.1 Å². The summed E-state index contributed by atoms with van der Waals surface area (Å²) >= 11 is 6.01. The first-order chi connectivity index (χ1) is 12.6. The van der Waals surface area contributed by atoms with Crippen LogP contribution >= 0.6 is 11.6 Å². The third-order valence-corrected chi connectivity index (χ3v) is 4.41. The largest absolute Gasteiger partial charge is 0.261 e. The molecule has 0 aliphatic rings. The number of pyridine rings is 1. The Hall–Kier alpha value is -2.64. The van der Waals surface area contributed by atoms with Crippen LogP contribution in [-0.4, -0.2) is 4.98 Å². The van der Waals surface area contributed by atoms with Crippen molar-refractivity contribution in [3.63, 3.8) is 0 Å². The molecule has 2 heteroatoms. The quantitative estimate of drug-likeness (QED) is 0.384. The van der Waals surface area contributed by atoms with E-state index in [2.05, 4.69) is 59.6 Å². The van der Waals surface area contributed by atoms with Gasteiger partial charge in [0.05, 0.1) is 0 Å². The second-order valence-electron chi connectivity index (χ2n) is 6.47. The van der Waals surface area contributed by atoms with Crippen molar-refractivity contribution in [3.05, 3.63) is 112 Å². The van der Waals surface area contributed by atoms with Crippen LogP contribution in [0.2, 0.25) is 5.02 Å². The van der Waals surface area contributed by atoms with Crippen molar-refractivity contribution in [2.45, 2.75) is 20.3 Å². The minimum atomic E-state index is 0.799. The summed E-state index contributed by atoms with van der Waals surface area (Å²) in [7, 11) is 0. The number of benzene rings is 3. The van der Waals surface area contributed by atoms with Crippen molar-refractivity contribution in [3.8, 4) is 0 Å². The molecule has 0 radical (unpaired) electrons. The lowest BCUT2D eigenvalue weighted by atomic mass is 10.0. The third-order valence-electron chi connectivity index (χ3n) is 4.17. The van der Waals surface area contributed by atoms with E-state index >= 15 is 0 Å². The predicted octanol–water partition coefficient (Wildman–Crippen LogP) is 6.78. The summed E-state index contributed by atoms with van der Waals surface area (Å²) in [4.78, 5) is 4.08. The van der Waals surface area contributed by atoms with Gasteiger partial charge in [0.1, 0.15) is 0 Å². The molecule has 0 N–H and O–H groups in total. The molecule has 26 heavy (non-hydrogen) atoms. The van der Waals surface area contributed by atoms with Crippen LogP contribution in [0.3, 0.4) is 0 Å². The molecule has 4 aromatic rings. The molecule has 3 aromatic carbocycles. The third kappa shape index (κ3) is 5.18. The Morgan fingerprint density at radius 3 is 2.19 bits per heavy atom. The summed E-state index contributed by atoms with van der Waals surface area (Å²) in [5.41, 5.74) is 4.86. The Morgan fingerprint density at radius 1 is 0.731 bits per heavy atom. The number of nitrogens with zero attached hydrogens (tertiary/aromatic N) is 1. The van der Waals surface area contributed by atoms with Crippen molar-refractivity contribution >= 4 is 22.4 Å². The average molecular weight is 360 g/mol. The van der Waals surface area contributed by atoms with Gasteiger partial charge in [0.2, 0.25) is 0 Å². The van der Waals surface area contributed by atoms with Gasteiger partial charge in [-0.3, -0.25) is 4.98 Å². The predicted molar refractivity (Wildman–Crippen MR) is 112 cm³/mol. The molecule has 0 unspecified atom stereocenters. The molecule has 0 saturated heterocycles. The van der Waals surface area contributed by atoms with Crippen molar-refractivity contribution < 1.29 is 0 Å². The number of aromatic nitrogens is 1. The standard InChI is InChI=1S/C17H13Cl.C7H9N/c18-17-7-3-4-13(12-17)10-14-8-9-15-5-1-2-6-16(15)11-14;1-6-3-4-7(2)8-5-6/h1-9,11-12H,10H2;3-5H,1-2H3. The fraction of sp³-hybridized carbons (Fsp3) is 0.125. The average Bonchev–Trinajstić information content (AvgIpc) is 2.65. The summed E-state index contributed by atoms with van der Waals surface area (Å²) in [5, 5.41) is 3.37. The molecule has 1 heterocycles. The zero-order valence-corrected chi connectivity index (χ0v) is 15.9. The number of aryl methyl sites for hydroxylation is 2. The normalized spacial score (nSPS) is 10.3. The minimum Gasteiger partial charge on any atom is -0.261 e. The highest BCUT2D eigenvalue weighted by Crippen LogP contribution is 2.19. The number of fused-ring (bicyclic) bond motifs is 1. The van der Waals surface area contributed by atoms with Crippen LogP contribution in [0, 0.1) is 13.8 Å². The second kappa shape index (κ2) is 8.64. The van der Waals surface area contributed by atoms with Gasteiger partial charge in [0.15, 0.2) is 0 Å². The topological polar surface area (TPSA) is 12.9 Å². The van der Waals surface area contributed by atoms with Crippen LogP contribution in [0.25, 0.3) is 10.8 Å². The molecule has 130 valence electrons. The molecule has 0 amide bonds. The summed E-state index contributed by atoms with van der Waals surface area (Å²) < 4.78 is 0. The van der Waals surface area contributed by atoms with E-state index in [0.29, 0.717) is 0 Å². The van der Waals surface area contributed by atoms with E-state index in [4.69, 9.17) is 11.6 Å². The lowest BCUT2D eigenvalue weighted by Crippen LogP contribution is -1.88. The van der Waals surface area contributed by atoms with Crippen LogP contribution < -0.4 is 0 Å². The smallest absolute Gasteiger partial charge is 0.0408 e. The molecule has 0 saturated carbocycles. The SMILES string of the molecule is Cc1ccc(C)nc1.Clc1cccc(Cc2ccc3ccccc3c2)c1. The van der Waals surface area contributed by atoms with Gasteiger partial charge in [-0.25, -0.2) is 0 Å². The summed E-state index contributed by atoms with van der Waals surface area (Å²) in [5.74, 6) is 0. The van der Waals surface area contributed by atoms with Gasteiger partial charge in [0, 0.05) is 16.9 Å². The highest BCUT2D eigenvalue weighted by atomic mass is 35.5. The maximum atomic E-state index is 6.01. The minimum absolute atomic E-state index is 0.799. The van der Waals surface area contributed by atoms with Gasteiger partial charge in [-0.2, -0.15) is 0 Å². The Bertz CT molecular complexity index is 969. The van der Waals surface area contributed by atoms with Gasteiger partial charge in [0.25, 0.3) is 0 Å². The van der Waals surface area contributed by atoms with E-state index in [-0.39, 0.29) is 0 Å². The summed E-state index contributed by atoms with van der Waals surface area (Å²) in [6.45, 7) is 4.02. The zero-order valence-electron chi connectivity index (χ0n) is 15.1. The molecular weight excluding hydrogens is 338 g/mol. The van der Waals surface area contributed by atoms with Crippen LogP contribution in [0.5, 0.6) is 0 Å². The van der Waals surface area contributed by atoms with E-state index in [9.17, 15) is 0 Å². The number of rotatable bonds is 2. The highest BCUT2D eigenvalue weighted by molar-refractivity contribution is 6.30. The monoisotopic (exact) mass is 359 g/mol. The number of halogens is 1. The Morgan fingerprint density at radius 2 is 1.50 bits per heavy atom. The molecule has 0 aliphatic carbocycles. The van der Waals surface area contributed by atoms with Crippen molar-refractivity contribution in [1.29, 1.82) is 0 Å². The lowest BCUT2D eigenvalue weighted by molar-refractivity contribution is 1.17. The van der Waals surface area contributed by atoms with Crippen LogP contribution in [0.1, 0.15) is 22.4 Å². The number of hydrogen-bond donors (Lipinski definition) is 0. The first-order valence-corrected chi connectivity index (χ1v) is 9.09. The molecule has 1 aromatic heterocycles. The second-order valence-corrected chi connectivity index (χ2v) is 6.90. The Labute approximate surface area is 160 Å². The molecule has 4 rings (SSSR count).